The molecule has 0 saturated heterocycles. The van der Waals surface area contributed by atoms with Gasteiger partial charge in [0, 0.05) is 0 Å². The number of benzene rings is 2. The molecule has 0 atom stereocenters. The van der Waals surface area contributed by atoms with E-state index < -0.39 is 5.97 Å². The molecule has 0 N–H and O–H groups in total. The molecule has 0 radical (unpaired) electrons. The first-order valence-corrected chi connectivity index (χ1v) is 9.33. The predicted octanol–water partition coefficient (Wildman–Crippen LogP) is 3.59. The summed E-state index contributed by atoms with van der Waals surface area (Å²) in [5, 5.41) is 0.500. The van der Waals surface area contributed by atoms with E-state index in [9.17, 15) is 9.59 Å². The van der Waals surface area contributed by atoms with Gasteiger partial charge in [-0.05, 0) is 24.6 Å². The number of thiazole rings is 1. The number of hydrogen-bond acceptors (Lipinski definition) is 4. The third-order valence-corrected chi connectivity index (χ3v) is 5.01. The Balaban J connectivity index is 2.02. The lowest BCUT2D eigenvalue weighted by atomic mass is 10.1. The van der Waals surface area contributed by atoms with Crippen LogP contribution in [0.1, 0.15) is 12.5 Å². The summed E-state index contributed by atoms with van der Waals surface area (Å²) >= 11 is 7.63. The first-order valence-electron chi connectivity index (χ1n) is 8.13. The molecular formula is C19H17ClN2O3S. The van der Waals surface area contributed by atoms with Gasteiger partial charge in [-0.25, -0.2) is 0 Å². The van der Waals surface area contributed by atoms with Crippen molar-refractivity contribution >= 4 is 45.0 Å². The number of esters is 1. The van der Waals surface area contributed by atoms with Crippen LogP contribution in [0.15, 0.2) is 53.5 Å². The summed E-state index contributed by atoms with van der Waals surface area (Å²) in [5.74, 6) is -0.680. The Morgan fingerprint density at radius 2 is 1.92 bits per heavy atom. The number of carbonyl (C=O) groups excluding carboxylic acids is 2. The molecule has 2 aromatic carbocycles. The SMILES string of the molecule is CCOC(=O)Cn1c(=NC(=O)Cc2ccccc2)sc2cccc(Cl)c21. The molecule has 1 aromatic heterocycles. The van der Waals surface area contributed by atoms with Crippen molar-refractivity contribution in [1.29, 1.82) is 0 Å². The molecule has 3 aromatic rings. The summed E-state index contributed by atoms with van der Waals surface area (Å²) in [4.78, 5) is 29.0. The highest BCUT2D eigenvalue weighted by Gasteiger charge is 2.14. The Kier molecular flexibility index (Phi) is 5.85. The van der Waals surface area contributed by atoms with E-state index in [4.69, 9.17) is 16.3 Å². The molecule has 0 unspecified atom stereocenters. The summed E-state index contributed by atoms with van der Waals surface area (Å²) in [6, 6.07) is 14.9. The van der Waals surface area contributed by atoms with Crippen LogP contribution in [0.4, 0.5) is 0 Å². The monoisotopic (exact) mass is 388 g/mol. The van der Waals surface area contributed by atoms with E-state index in [0.29, 0.717) is 15.3 Å². The lowest BCUT2D eigenvalue weighted by molar-refractivity contribution is -0.143. The maximum atomic E-state index is 12.4. The van der Waals surface area contributed by atoms with E-state index in [0.717, 1.165) is 10.3 Å². The maximum absolute atomic E-state index is 12.4. The Bertz CT molecular complexity index is 1010. The van der Waals surface area contributed by atoms with Crippen molar-refractivity contribution in [3.8, 4) is 0 Å². The molecule has 5 nitrogen and oxygen atoms in total. The minimum absolute atomic E-state index is 0.0466. The lowest BCUT2D eigenvalue weighted by Gasteiger charge is -2.06. The van der Waals surface area contributed by atoms with Gasteiger partial charge in [0.15, 0.2) is 4.80 Å². The summed E-state index contributed by atoms with van der Waals surface area (Å²) in [6.07, 6.45) is 0.197. The van der Waals surface area contributed by atoms with Gasteiger partial charge in [0.2, 0.25) is 0 Å². The van der Waals surface area contributed by atoms with Gasteiger partial charge in [-0.15, -0.1) is 0 Å². The van der Waals surface area contributed by atoms with E-state index in [2.05, 4.69) is 4.99 Å². The second-order valence-electron chi connectivity index (χ2n) is 5.53. The number of hydrogen-bond donors (Lipinski definition) is 0. The average molecular weight is 389 g/mol. The molecule has 0 fully saturated rings. The van der Waals surface area contributed by atoms with Crippen molar-refractivity contribution in [3.05, 3.63) is 63.9 Å². The highest BCUT2D eigenvalue weighted by atomic mass is 35.5. The molecule has 0 aliphatic heterocycles. The largest absolute Gasteiger partial charge is 0.465 e. The van der Waals surface area contributed by atoms with Crippen molar-refractivity contribution in [3.63, 3.8) is 0 Å². The molecule has 26 heavy (non-hydrogen) atoms. The molecule has 0 saturated carbocycles. The molecule has 0 aliphatic rings. The van der Waals surface area contributed by atoms with E-state index >= 15 is 0 Å². The van der Waals surface area contributed by atoms with Crippen LogP contribution in [0.2, 0.25) is 5.02 Å². The van der Waals surface area contributed by atoms with Gasteiger partial charge in [-0.3, -0.25) is 9.59 Å². The fourth-order valence-corrected chi connectivity index (χ4v) is 3.98. The zero-order valence-corrected chi connectivity index (χ0v) is 15.7. The fraction of sp³-hybridized carbons (Fsp3) is 0.211. The van der Waals surface area contributed by atoms with Crippen molar-refractivity contribution < 1.29 is 14.3 Å². The molecule has 7 heteroatoms. The Hall–Kier alpha value is -2.44. The van der Waals surface area contributed by atoms with Crippen LogP contribution < -0.4 is 4.80 Å². The second kappa shape index (κ2) is 8.29. The molecule has 0 bridgehead atoms. The van der Waals surface area contributed by atoms with E-state index in [1.807, 2.05) is 42.5 Å². The quantitative estimate of drug-likeness (QED) is 0.627. The average Bonchev–Trinajstić information content (AvgIpc) is 2.94. The summed E-state index contributed by atoms with van der Waals surface area (Å²) < 4.78 is 7.53. The van der Waals surface area contributed by atoms with Crippen molar-refractivity contribution in [2.24, 2.45) is 4.99 Å². The Labute approximate surface area is 159 Å². The van der Waals surface area contributed by atoms with Crippen molar-refractivity contribution in [1.82, 2.24) is 4.57 Å². The van der Waals surface area contributed by atoms with Gasteiger partial charge in [0.05, 0.1) is 28.3 Å². The van der Waals surface area contributed by atoms with Crippen LogP contribution in [0, 0.1) is 0 Å². The van der Waals surface area contributed by atoms with E-state index in [1.165, 1.54) is 11.3 Å². The van der Waals surface area contributed by atoms with Gasteiger partial charge >= 0.3 is 5.97 Å². The minimum atomic E-state index is -0.399. The molecule has 3 rings (SSSR count). The minimum Gasteiger partial charge on any atom is -0.465 e. The predicted molar refractivity (Wildman–Crippen MR) is 102 cm³/mol. The number of para-hydroxylation sites is 1. The zero-order chi connectivity index (χ0) is 18.5. The van der Waals surface area contributed by atoms with Crippen LogP contribution in [0.3, 0.4) is 0 Å². The summed E-state index contributed by atoms with van der Waals surface area (Å²) in [6.45, 7) is 1.99. The van der Waals surface area contributed by atoms with Gasteiger partial charge in [-0.2, -0.15) is 4.99 Å². The molecule has 1 heterocycles. The first kappa shape index (κ1) is 18.4. The van der Waals surface area contributed by atoms with Crippen LogP contribution in [0.25, 0.3) is 10.2 Å². The smallest absolute Gasteiger partial charge is 0.326 e. The van der Waals surface area contributed by atoms with Gasteiger partial charge in [0.25, 0.3) is 5.91 Å². The number of fused-ring (bicyclic) bond motifs is 1. The topological polar surface area (TPSA) is 60.7 Å². The number of amides is 1. The Morgan fingerprint density at radius 3 is 2.65 bits per heavy atom. The normalized spacial score (nSPS) is 11.7. The first-order chi connectivity index (χ1) is 12.6. The number of carbonyl (C=O) groups is 2. The number of ether oxygens (including phenoxy) is 1. The summed E-state index contributed by atoms with van der Waals surface area (Å²) in [7, 11) is 0. The summed E-state index contributed by atoms with van der Waals surface area (Å²) in [5.41, 5.74) is 1.57. The molecule has 1 amide bonds. The van der Waals surface area contributed by atoms with Crippen LogP contribution in [-0.4, -0.2) is 23.1 Å². The van der Waals surface area contributed by atoms with Crippen LogP contribution in [-0.2, 0) is 27.3 Å². The van der Waals surface area contributed by atoms with Crippen LogP contribution in [0.5, 0.6) is 0 Å². The van der Waals surface area contributed by atoms with E-state index in [1.54, 1.807) is 17.6 Å². The van der Waals surface area contributed by atoms with Gasteiger partial charge in [-0.1, -0.05) is 59.3 Å². The highest BCUT2D eigenvalue weighted by Crippen LogP contribution is 2.25. The van der Waals surface area contributed by atoms with Crippen molar-refractivity contribution in [2.45, 2.75) is 19.9 Å². The number of rotatable bonds is 5. The van der Waals surface area contributed by atoms with Crippen LogP contribution >= 0.6 is 22.9 Å². The second-order valence-corrected chi connectivity index (χ2v) is 6.95. The standard InChI is InChI=1S/C19H17ClN2O3S/c1-2-25-17(24)12-22-18-14(20)9-6-10-15(18)26-19(22)21-16(23)11-13-7-4-3-5-8-13/h3-10H,2,11-12H2,1H3. The fourth-order valence-electron chi connectivity index (χ4n) is 2.57. The molecular weight excluding hydrogens is 372 g/mol. The maximum Gasteiger partial charge on any atom is 0.326 e. The Morgan fingerprint density at radius 1 is 1.15 bits per heavy atom. The molecule has 0 aliphatic carbocycles. The number of nitrogens with zero attached hydrogens (tertiary/aromatic N) is 2. The number of aromatic nitrogens is 1. The number of halogens is 1. The molecule has 0 spiro atoms. The van der Waals surface area contributed by atoms with Crippen molar-refractivity contribution in [2.75, 3.05) is 6.61 Å². The van der Waals surface area contributed by atoms with E-state index in [-0.39, 0.29) is 25.5 Å². The van der Waals surface area contributed by atoms with Gasteiger partial charge < -0.3 is 9.30 Å². The third kappa shape index (κ3) is 4.20. The van der Waals surface area contributed by atoms with Gasteiger partial charge in [0.1, 0.15) is 6.54 Å². The molecule has 134 valence electrons. The lowest BCUT2D eigenvalue weighted by Crippen LogP contribution is -2.23. The third-order valence-electron chi connectivity index (χ3n) is 3.66. The zero-order valence-electron chi connectivity index (χ0n) is 14.1. The highest BCUT2D eigenvalue weighted by molar-refractivity contribution is 7.16.